The molecule has 0 amide bonds. The molecule has 0 aromatic carbocycles. The Labute approximate surface area is 162 Å². The molecule has 0 saturated carbocycles. The van der Waals surface area contributed by atoms with Crippen LogP contribution in [-0.2, 0) is 13.9 Å². The van der Waals surface area contributed by atoms with Crippen LogP contribution >= 0.6 is 0 Å². The molecule has 2 aliphatic heterocycles. The van der Waals surface area contributed by atoms with Crippen molar-refractivity contribution in [3.05, 3.63) is 11.6 Å². The van der Waals surface area contributed by atoms with Gasteiger partial charge in [0.2, 0.25) is 0 Å². The van der Waals surface area contributed by atoms with Gasteiger partial charge in [0, 0.05) is 19.0 Å². The molecule has 0 aromatic heterocycles. The average Bonchev–Trinajstić information content (AvgIpc) is 3.15. The fourth-order valence-corrected chi connectivity index (χ4v) is 4.57. The van der Waals surface area contributed by atoms with E-state index in [9.17, 15) is 0 Å². The van der Waals surface area contributed by atoms with Gasteiger partial charge in [0.25, 0.3) is 0 Å². The third kappa shape index (κ3) is 6.75. The minimum Gasteiger partial charge on any atom is -0.415 e. The summed E-state index contributed by atoms with van der Waals surface area (Å²) in [7, 11) is -1.68. The van der Waals surface area contributed by atoms with Crippen molar-refractivity contribution < 1.29 is 13.9 Å². The molecule has 0 bridgehead atoms. The lowest BCUT2D eigenvalue weighted by Gasteiger charge is -2.36. The van der Waals surface area contributed by atoms with Gasteiger partial charge < -0.3 is 19.2 Å². The summed E-state index contributed by atoms with van der Waals surface area (Å²) >= 11 is 0. The zero-order chi connectivity index (χ0) is 19.4. The highest BCUT2D eigenvalue weighted by atomic mass is 28.4. The maximum absolute atomic E-state index is 6.40. The molecule has 26 heavy (non-hydrogen) atoms. The quantitative estimate of drug-likeness (QED) is 0.462. The van der Waals surface area contributed by atoms with E-state index < -0.39 is 8.32 Å². The van der Waals surface area contributed by atoms with Crippen molar-refractivity contribution in [2.75, 3.05) is 26.4 Å². The first-order chi connectivity index (χ1) is 12.1. The Bertz CT molecular complexity index is 464. The summed E-state index contributed by atoms with van der Waals surface area (Å²) < 4.78 is 17.8. The number of rotatable bonds is 9. The van der Waals surface area contributed by atoms with E-state index in [1.54, 1.807) is 0 Å². The zero-order valence-electron chi connectivity index (χ0n) is 18.1. The highest BCUT2D eigenvalue weighted by molar-refractivity contribution is 6.74. The van der Waals surface area contributed by atoms with Crippen molar-refractivity contribution in [3.8, 4) is 0 Å². The summed E-state index contributed by atoms with van der Waals surface area (Å²) in [5.74, 6) is 1.33. The van der Waals surface area contributed by atoms with Crippen molar-refractivity contribution in [2.45, 2.75) is 84.3 Å². The molecule has 0 radical (unpaired) electrons. The molecule has 2 rings (SSSR count). The van der Waals surface area contributed by atoms with Crippen molar-refractivity contribution in [3.63, 3.8) is 0 Å². The molecule has 0 aliphatic carbocycles. The van der Waals surface area contributed by atoms with Crippen LogP contribution in [0.4, 0.5) is 0 Å². The summed E-state index contributed by atoms with van der Waals surface area (Å²) in [5, 5.41) is 3.89. The van der Waals surface area contributed by atoms with Gasteiger partial charge in [0.05, 0.1) is 19.8 Å². The highest BCUT2D eigenvalue weighted by Gasteiger charge is 2.37. The third-order valence-electron chi connectivity index (χ3n) is 6.03. The van der Waals surface area contributed by atoms with Crippen LogP contribution in [0.2, 0.25) is 18.1 Å². The second-order valence-electron chi connectivity index (χ2n) is 9.99. The van der Waals surface area contributed by atoms with Gasteiger partial charge in [-0.05, 0) is 42.8 Å². The lowest BCUT2D eigenvalue weighted by molar-refractivity contribution is -0.0583. The smallest absolute Gasteiger partial charge is 0.192 e. The second-order valence-corrected chi connectivity index (χ2v) is 14.8. The molecule has 5 heteroatoms. The first-order valence-corrected chi connectivity index (χ1v) is 13.3. The van der Waals surface area contributed by atoms with E-state index in [4.69, 9.17) is 13.9 Å². The molecule has 0 unspecified atom stereocenters. The number of hydrogen-bond donors (Lipinski definition) is 1. The summed E-state index contributed by atoms with van der Waals surface area (Å²) in [6, 6.07) is 0.359. The molecular weight excluding hydrogens is 342 g/mol. The van der Waals surface area contributed by atoms with Crippen molar-refractivity contribution >= 4 is 8.32 Å². The first-order valence-electron chi connectivity index (χ1n) is 10.4. The lowest BCUT2D eigenvalue weighted by Crippen LogP contribution is -2.43. The molecular formula is C21H41NO3Si. The predicted octanol–water partition coefficient (Wildman–Crippen LogP) is 4.72. The van der Waals surface area contributed by atoms with E-state index >= 15 is 0 Å². The predicted molar refractivity (Wildman–Crippen MR) is 111 cm³/mol. The molecule has 1 saturated heterocycles. The average molecular weight is 384 g/mol. The maximum Gasteiger partial charge on any atom is 0.192 e. The number of ether oxygens (including phenoxy) is 2. The van der Waals surface area contributed by atoms with Gasteiger partial charge in [-0.25, -0.2) is 0 Å². The van der Waals surface area contributed by atoms with E-state index in [1.165, 1.54) is 12.0 Å². The van der Waals surface area contributed by atoms with Gasteiger partial charge in [-0.1, -0.05) is 46.3 Å². The number of nitrogens with one attached hydrogen (secondary N) is 1. The molecule has 152 valence electrons. The van der Waals surface area contributed by atoms with Crippen LogP contribution in [0.5, 0.6) is 0 Å². The van der Waals surface area contributed by atoms with Crippen LogP contribution in [0.15, 0.2) is 11.6 Å². The summed E-state index contributed by atoms with van der Waals surface area (Å²) in [6.07, 6.45) is 5.81. The Morgan fingerprint density at radius 2 is 1.88 bits per heavy atom. The number of hydrogen-bond acceptors (Lipinski definition) is 4. The monoisotopic (exact) mass is 383 g/mol. The molecule has 1 fully saturated rings. The van der Waals surface area contributed by atoms with E-state index in [2.05, 4.69) is 59.1 Å². The minimum absolute atomic E-state index is 0.00595. The Balaban J connectivity index is 1.86. The van der Waals surface area contributed by atoms with Gasteiger partial charge in [0.15, 0.2) is 14.6 Å². The molecule has 1 N–H and O–H groups in total. The van der Waals surface area contributed by atoms with Gasteiger partial charge in [0.1, 0.15) is 0 Å². The fourth-order valence-electron chi connectivity index (χ4n) is 3.54. The van der Waals surface area contributed by atoms with Crippen LogP contribution in [0.1, 0.15) is 53.9 Å². The van der Waals surface area contributed by atoms with Crippen LogP contribution in [0, 0.1) is 11.8 Å². The van der Waals surface area contributed by atoms with E-state index in [0.717, 1.165) is 39.2 Å². The van der Waals surface area contributed by atoms with Crippen LogP contribution in [0.25, 0.3) is 0 Å². The standard InChI is InChI=1S/C21H41NO3Si/c1-16(2)10-17(13-20-23-8-9-24-20)11-18-12-19(22-14-18)15-25-26(6,7)21(3,4)5/h12,16-17,19-20,22H,8-11,13-15H2,1-7H3/t17-,19-/m0/s1. The topological polar surface area (TPSA) is 39.7 Å². The van der Waals surface area contributed by atoms with Gasteiger partial charge in [-0.2, -0.15) is 0 Å². The van der Waals surface area contributed by atoms with E-state index in [0.29, 0.717) is 17.9 Å². The molecule has 0 aromatic rings. The molecule has 2 heterocycles. The SMILES string of the molecule is CC(C)C[C@@H](CC1=C[C@@H](CO[Si](C)(C)C(C)(C)C)NC1)CC1OCCO1. The first kappa shape index (κ1) is 22.1. The van der Waals surface area contributed by atoms with Gasteiger partial charge >= 0.3 is 0 Å². The van der Waals surface area contributed by atoms with Crippen LogP contribution in [0.3, 0.4) is 0 Å². The Kier molecular flexibility index (Phi) is 7.93. The fraction of sp³-hybridized carbons (Fsp3) is 0.905. The van der Waals surface area contributed by atoms with Crippen molar-refractivity contribution in [1.29, 1.82) is 0 Å². The summed E-state index contributed by atoms with van der Waals surface area (Å²) in [5.41, 5.74) is 1.53. The summed E-state index contributed by atoms with van der Waals surface area (Å²) in [4.78, 5) is 0. The van der Waals surface area contributed by atoms with Crippen LogP contribution < -0.4 is 5.32 Å². The Morgan fingerprint density at radius 3 is 2.46 bits per heavy atom. The second kappa shape index (κ2) is 9.33. The molecule has 2 aliphatic rings. The maximum atomic E-state index is 6.40. The van der Waals surface area contributed by atoms with Crippen molar-refractivity contribution in [1.82, 2.24) is 5.32 Å². The molecule has 2 atom stereocenters. The largest absolute Gasteiger partial charge is 0.415 e. The highest BCUT2D eigenvalue weighted by Crippen LogP contribution is 2.36. The Morgan fingerprint density at radius 1 is 1.23 bits per heavy atom. The molecule has 4 nitrogen and oxygen atoms in total. The third-order valence-corrected chi connectivity index (χ3v) is 10.5. The normalized spacial score (nSPS) is 23.7. The zero-order valence-corrected chi connectivity index (χ0v) is 19.1. The van der Waals surface area contributed by atoms with Gasteiger partial charge in [-0.15, -0.1) is 0 Å². The molecule has 0 spiro atoms. The van der Waals surface area contributed by atoms with E-state index in [1.807, 2.05) is 0 Å². The minimum atomic E-state index is -1.68. The van der Waals surface area contributed by atoms with E-state index in [-0.39, 0.29) is 11.3 Å². The Hall–Kier alpha value is -0.203. The van der Waals surface area contributed by atoms with Crippen molar-refractivity contribution in [2.24, 2.45) is 11.8 Å². The van der Waals surface area contributed by atoms with Gasteiger partial charge in [-0.3, -0.25) is 0 Å². The summed E-state index contributed by atoms with van der Waals surface area (Å²) in [6.45, 7) is 19.4. The lowest BCUT2D eigenvalue weighted by atomic mass is 9.88. The van der Waals surface area contributed by atoms with Crippen LogP contribution in [-0.4, -0.2) is 47.0 Å².